The maximum absolute atomic E-state index is 11.1. The predicted octanol–water partition coefficient (Wildman–Crippen LogP) is 2.73. The third-order valence-electron chi connectivity index (χ3n) is 3.42. The predicted molar refractivity (Wildman–Crippen MR) is 114 cm³/mol. The van der Waals surface area contributed by atoms with E-state index in [1.54, 1.807) is 23.5 Å². The Labute approximate surface area is 169 Å². The lowest BCUT2D eigenvalue weighted by Gasteiger charge is -2.11. The first-order valence-electron chi connectivity index (χ1n) is 7.83. The zero-order valence-electron chi connectivity index (χ0n) is 14.6. The van der Waals surface area contributed by atoms with Gasteiger partial charge in [0, 0.05) is 17.0 Å². The van der Waals surface area contributed by atoms with Gasteiger partial charge in [-0.3, -0.25) is 4.79 Å². The highest BCUT2D eigenvalue weighted by Gasteiger charge is 2.06. The standard InChI is InChI=1S/C17H23N5OS.HI/c1-4-19-17(21-10-15-11(2)22-12(3)24-15)20-9-13-5-7-14(8-6-13)16(18)23;/h5-8H,4,9-10H2,1-3H3,(H2,18,23)(H2,19,20,21);1H. The van der Waals surface area contributed by atoms with E-state index in [-0.39, 0.29) is 24.0 Å². The average molecular weight is 473 g/mol. The first-order chi connectivity index (χ1) is 11.5. The fourth-order valence-electron chi connectivity index (χ4n) is 2.19. The Hall–Kier alpha value is -1.68. The lowest BCUT2D eigenvalue weighted by atomic mass is 10.1. The molecule has 0 unspecified atom stereocenters. The number of halogens is 1. The number of rotatable bonds is 6. The molecule has 0 aliphatic rings. The highest BCUT2D eigenvalue weighted by molar-refractivity contribution is 14.0. The number of amides is 1. The first kappa shape index (κ1) is 21.4. The molecule has 6 nitrogen and oxygen atoms in total. The van der Waals surface area contributed by atoms with Gasteiger partial charge in [0.1, 0.15) is 0 Å². The smallest absolute Gasteiger partial charge is 0.248 e. The van der Waals surface area contributed by atoms with Crippen LogP contribution >= 0.6 is 35.3 Å². The van der Waals surface area contributed by atoms with Crippen LogP contribution in [-0.2, 0) is 13.1 Å². The van der Waals surface area contributed by atoms with Crippen LogP contribution in [0.1, 0.15) is 38.4 Å². The van der Waals surface area contributed by atoms with E-state index >= 15 is 0 Å². The van der Waals surface area contributed by atoms with E-state index in [1.165, 1.54) is 4.88 Å². The second-order valence-corrected chi connectivity index (χ2v) is 6.64. The Kier molecular flexibility index (Phi) is 8.84. The highest BCUT2D eigenvalue weighted by atomic mass is 127. The van der Waals surface area contributed by atoms with Gasteiger partial charge in [0.2, 0.25) is 5.91 Å². The molecule has 136 valence electrons. The van der Waals surface area contributed by atoms with Crippen molar-refractivity contribution in [1.29, 1.82) is 0 Å². The molecule has 2 rings (SSSR count). The lowest BCUT2D eigenvalue weighted by molar-refractivity contribution is 0.100. The number of aromatic nitrogens is 1. The summed E-state index contributed by atoms with van der Waals surface area (Å²) < 4.78 is 0. The number of primary amides is 1. The van der Waals surface area contributed by atoms with Crippen molar-refractivity contribution in [1.82, 2.24) is 15.6 Å². The minimum Gasteiger partial charge on any atom is -0.366 e. The first-order valence-corrected chi connectivity index (χ1v) is 8.65. The molecular weight excluding hydrogens is 449 g/mol. The molecule has 1 aromatic carbocycles. The molecule has 1 heterocycles. The van der Waals surface area contributed by atoms with Crippen LogP contribution < -0.4 is 16.4 Å². The number of hydrogen-bond acceptors (Lipinski definition) is 4. The summed E-state index contributed by atoms with van der Waals surface area (Å²) in [6, 6.07) is 7.17. The molecule has 1 amide bonds. The molecular formula is C17H24IN5OS. The molecule has 25 heavy (non-hydrogen) atoms. The maximum Gasteiger partial charge on any atom is 0.248 e. The number of aliphatic imine (C=N–C) groups is 1. The number of carbonyl (C=O) groups is 1. The highest BCUT2D eigenvalue weighted by Crippen LogP contribution is 2.16. The van der Waals surface area contributed by atoms with Gasteiger partial charge in [-0.1, -0.05) is 12.1 Å². The largest absolute Gasteiger partial charge is 0.366 e. The summed E-state index contributed by atoms with van der Waals surface area (Å²) in [7, 11) is 0. The second kappa shape index (κ2) is 10.3. The van der Waals surface area contributed by atoms with Crippen molar-refractivity contribution in [2.75, 3.05) is 6.54 Å². The van der Waals surface area contributed by atoms with Crippen molar-refractivity contribution < 1.29 is 4.79 Å². The fraction of sp³-hybridized carbons (Fsp3) is 0.353. The van der Waals surface area contributed by atoms with E-state index in [4.69, 9.17) is 5.73 Å². The van der Waals surface area contributed by atoms with Crippen LogP contribution in [0.3, 0.4) is 0 Å². The monoisotopic (exact) mass is 473 g/mol. The summed E-state index contributed by atoms with van der Waals surface area (Å²) in [5.74, 6) is 0.331. The number of nitrogens with zero attached hydrogens (tertiary/aromatic N) is 2. The lowest BCUT2D eigenvalue weighted by Crippen LogP contribution is -2.36. The summed E-state index contributed by atoms with van der Waals surface area (Å²) in [4.78, 5) is 21.3. The van der Waals surface area contributed by atoms with E-state index in [0.29, 0.717) is 18.7 Å². The van der Waals surface area contributed by atoms with E-state index in [0.717, 1.165) is 28.8 Å². The zero-order valence-corrected chi connectivity index (χ0v) is 17.8. The topological polar surface area (TPSA) is 92.4 Å². The molecule has 0 aliphatic carbocycles. The van der Waals surface area contributed by atoms with Gasteiger partial charge >= 0.3 is 0 Å². The van der Waals surface area contributed by atoms with Gasteiger partial charge in [-0.05, 0) is 38.5 Å². The summed E-state index contributed by atoms with van der Waals surface area (Å²) in [5.41, 5.74) is 7.82. The van der Waals surface area contributed by atoms with Crippen LogP contribution in [0.15, 0.2) is 29.3 Å². The Bertz CT molecular complexity index is 727. The molecule has 0 aliphatic heterocycles. The normalized spacial score (nSPS) is 10.9. The fourth-order valence-corrected chi connectivity index (χ4v) is 3.06. The average Bonchev–Trinajstić information content (AvgIpc) is 2.88. The van der Waals surface area contributed by atoms with Gasteiger partial charge in [-0.25, -0.2) is 9.98 Å². The van der Waals surface area contributed by atoms with Crippen molar-refractivity contribution in [2.45, 2.75) is 33.9 Å². The number of guanidine groups is 1. The van der Waals surface area contributed by atoms with Crippen LogP contribution in [0, 0.1) is 13.8 Å². The molecule has 1 aromatic heterocycles. The molecule has 0 spiro atoms. The summed E-state index contributed by atoms with van der Waals surface area (Å²) in [5, 5.41) is 7.62. The Balaban J connectivity index is 0.00000312. The number of aryl methyl sites for hydroxylation is 2. The van der Waals surface area contributed by atoms with Gasteiger partial charge in [0.05, 0.1) is 23.8 Å². The van der Waals surface area contributed by atoms with Crippen LogP contribution in [0.4, 0.5) is 0 Å². The maximum atomic E-state index is 11.1. The van der Waals surface area contributed by atoms with Gasteiger partial charge in [-0.15, -0.1) is 35.3 Å². The van der Waals surface area contributed by atoms with Crippen LogP contribution in [0.5, 0.6) is 0 Å². The third kappa shape index (κ3) is 6.62. The second-order valence-electron chi connectivity index (χ2n) is 5.35. The number of nitrogens with two attached hydrogens (primary N) is 1. The molecule has 2 aromatic rings. The number of hydrogen-bond donors (Lipinski definition) is 3. The minimum absolute atomic E-state index is 0. The van der Waals surface area contributed by atoms with Crippen molar-refractivity contribution in [2.24, 2.45) is 10.7 Å². The third-order valence-corrected chi connectivity index (χ3v) is 4.49. The van der Waals surface area contributed by atoms with Crippen molar-refractivity contribution in [3.8, 4) is 0 Å². The molecule has 0 fully saturated rings. The molecule has 8 heteroatoms. The molecule has 4 N–H and O–H groups in total. The quantitative estimate of drug-likeness (QED) is 0.342. The van der Waals surface area contributed by atoms with Gasteiger partial charge in [0.25, 0.3) is 0 Å². The minimum atomic E-state index is -0.421. The van der Waals surface area contributed by atoms with E-state index in [1.807, 2.05) is 32.9 Å². The number of thiazole rings is 1. The zero-order chi connectivity index (χ0) is 17.5. The van der Waals surface area contributed by atoms with Crippen LogP contribution in [-0.4, -0.2) is 23.4 Å². The Morgan fingerprint density at radius 2 is 1.92 bits per heavy atom. The van der Waals surface area contributed by atoms with Gasteiger partial charge in [-0.2, -0.15) is 0 Å². The molecule has 0 radical (unpaired) electrons. The van der Waals surface area contributed by atoms with E-state index in [9.17, 15) is 4.79 Å². The van der Waals surface area contributed by atoms with Crippen molar-refractivity contribution >= 4 is 47.2 Å². The van der Waals surface area contributed by atoms with Crippen LogP contribution in [0.2, 0.25) is 0 Å². The molecule has 0 atom stereocenters. The number of carbonyl (C=O) groups excluding carboxylic acids is 1. The summed E-state index contributed by atoms with van der Waals surface area (Å²) >= 11 is 1.69. The van der Waals surface area contributed by atoms with Crippen molar-refractivity contribution in [3.63, 3.8) is 0 Å². The number of benzene rings is 1. The van der Waals surface area contributed by atoms with Gasteiger partial charge in [0.15, 0.2) is 5.96 Å². The number of nitrogens with one attached hydrogen (secondary N) is 2. The summed E-state index contributed by atoms with van der Waals surface area (Å²) in [6.45, 7) is 8.06. The summed E-state index contributed by atoms with van der Waals surface area (Å²) in [6.07, 6.45) is 0. The molecule has 0 bridgehead atoms. The SMILES string of the molecule is CCNC(=NCc1ccc(C(N)=O)cc1)NCc1sc(C)nc1C.I. The van der Waals surface area contributed by atoms with Gasteiger partial charge < -0.3 is 16.4 Å². The molecule has 0 saturated carbocycles. The Morgan fingerprint density at radius 1 is 1.24 bits per heavy atom. The Morgan fingerprint density at radius 3 is 2.44 bits per heavy atom. The molecule has 0 saturated heterocycles. The van der Waals surface area contributed by atoms with Crippen molar-refractivity contribution in [3.05, 3.63) is 51.0 Å². The van der Waals surface area contributed by atoms with E-state index in [2.05, 4.69) is 20.6 Å². The van der Waals surface area contributed by atoms with E-state index < -0.39 is 5.91 Å². The van der Waals surface area contributed by atoms with Crippen LogP contribution in [0.25, 0.3) is 0 Å².